The molecule has 3 heterocycles. The van der Waals surface area contributed by atoms with Crippen molar-refractivity contribution in [1.82, 2.24) is 19.9 Å². The minimum Gasteiger partial charge on any atom is -0.364 e. The number of amides is 1. The summed E-state index contributed by atoms with van der Waals surface area (Å²) in [5.74, 6) is 0.123. The number of rotatable bonds is 4. The van der Waals surface area contributed by atoms with Crippen LogP contribution in [-0.2, 0) is 6.54 Å². The van der Waals surface area contributed by atoms with E-state index in [1.165, 1.54) is 6.20 Å². The van der Waals surface area contributed by atoms with E-state index in [0.717, 1.165) is 38.4 Å². The molecule has 120 valence electrons. The molecular formula is C15H17ClN6O. The fourth-order valence-corrected chi connectivity index (χ4v) is 2.60. The van der Waals surface area contributed by atoms with Crippen molar-refractivity contribution < 1.29 is 4.79 Å². The van der Waals surface area contributed by atoms with Gasteiger partial charge in [-0.3, -0.25) is 19.7 Å². The number of piperazine rings is 1. The van der Waals surface area contributed by atoms with Crippen LogP contribution in [0.25, 0.3) is 0 Å². The number of aromatic nitrogens is 3. The van der Waals surface area contributed by atoms with Crippen LogP contribution in [0.3, 0.4) is 0 Å². The lowest BCUT2D eigenvalue weighted by atomic mass is 10.2. The highest BCUT2D eigenvalue weighted by molar-refractivity contribution is 6.30. The molecule has 0 saturated carbocycles. The summed E-state index contributed by atoms with van der Waals surface area (Å²) in [5.41, 5.74) is 6.43. The lowest BCUT2D eigenvalue weighted by molar-refractivity contribution is 0.0995. The summed E-state index contributed by atoms with van der Waals surface area (Å²) >= 11 is 5.85. The summed E-state index contributed by atoms with van der Waals surface area (Å²) in [7, 11) is 0. The van der Waals surface area contributed by atoms with Gasteiger partial charge in [-0.15, -0.1) is 0 Å². The number of nitrogens with two attached hydrogens (primary N) is 1. The van der Waals surface area contributed by atoms with Crippen molar-refractivity contribution in [2.24, 2.45) is 5.73 Å². The van der Waals surface area contributed by atoms with Crippen molar-refractivity contribution in [3.63, 3.8) is 0 Å². The number of hydrogen-bond acceptors (Lipinski definition) is 6. The fraction of sp³-hybridized carbons (Fsp3) is 0.333. The number of nitrogens with zero attached hydrogens (tertiary/aromatic N) is 5. The highest BCUT2D eigenvalue weighted by Crippen LogP contribution is 2.15. The van der Waals surface area contributed by atoms with E-state index in [-0.39, 0.29) is 5.69 Å². The molecule has 1 saturated heterocycles. The number of anilines is 1. The molecule has 0 unspecified atom stereocenters. The van der Waals surface area contributed by atoms with Gasteiger partial charge in [-0.05, 0) is 12.1 Å². The summed E-state index contributed by atoms with van der Waals surface area (Å²) < 4.78 is 0. The van der Waals surface area contributed by atoms with Gasteiger partial charge in [0.1, 0.15) is 11.5 Å². The van der Waals surface area contributed by atoms with Gasteiger partial charge in [-0.25, -0.2) is 4.98 Å². The number of carbonyl (C=O) groups excluding carboxylic acids is 1. The van der Waals surface area contributed by atoms with Crippen molar-refractivity contribution in [3.8, 4) is 0 Å². The summed E-state index contributed by atoms with van der Waals surface area (Å²) in [6, 6.07) is 3.79. The minimum absolute atomic E-state index is 0.190. The topological polar surface area (TPSA) is 88.2 Å². The van der Waals surface area contributed by atoms with Gasteiger partial charge in [0.25, 0.3) is 5.91 Å². The molecule has 2 aromatic heterocycles. The van der Waals surface area contributed by atoms with Crippen LogP contribution in [0.5, 0.6) is 0 Å². The van der Waals surface area contributed by atoms with E-state index in [4.69, 9.17) is 17.3 Å². The van der Waals surface area contributed by atoms with Crippen LogP contribution in [0.1, 0.15) is 16.2 Å². The van der Waals surface area contributed by atoms with Gasteiger partial charge in [0.05, 0.1) is 23.1 Å². The molecular weight excluding hydrogens is 316 g/mol. The van der Waals surface area contributed by atoms with Gasteiger partial charge in [-0.2, -0.15) is 0 Å². The number of carbonyl (C=O) groups is 1. The molecule has 23 heavy (non-hydrogen) atoms. The molecule has 1 fully saturated rings. The molecule has 0 atom stereocenters. The molecule has 2 N–H and O–H groups in total. The lowest BCUT2D eigenvalue weighted by Crippen LogP contribution is -2.46. The van der Waals surface area contributed by atoms with E-state index in [2.05, 4.69) is 24.8 Å². The third-order valence-electron chi connectivity index (χ3n) is 3.74. The molecule has 3 rings (SSSR count). The normalized spacial score (nSPS) is 15.6. The van der Waals surface area contributed by atoms with Crippen LogP contribution < -0.4 is 10.6 Å². The van der Waals surface area contributed by atoms with E-state index < -0.39 is 5.91 Å². The molecule has 1 amide bonds. The second kappa shape index (κ2) is 6.89. The minimum atomic E-state index is -0.563. The standard InChI is InChI=1S/C15H17ClN6O/c16-11-1-2-12(19-7-11)10-21-3-5-22(6-4-21)14-9-18-8-13(20-14)15(17)23/h1-2,7-9H,3-6,10H2,(H2,17,23). The van der Waals surface area contributed by atoms with Gasteiger partial charge in [0.15, 0.2) is 0 Å². The monoisotopic (exact) mass is 332 g/mol. The van der Waals surface area contributed by atoms with Gasteiger partial charge in [0, 0.05) is 38.9 Å². The maximum Gasteiger partial charge on any atom is 0.268 e. The number of primary amides is 1. The number of hydrogen-bond donors (Lipinski definition) is 1. The maximum absolute atomic E-state index is 11.2. The Morgan fingerprint density at radius 3 is 2.61 bits per heavy atom. The fourth-order valence-electron chi connectivity index (χ4n) is 2.49. The zero-order valence-electron chi connectivity index (χ0n) is 12.5. The molecule has 0 aliphatic carbocycles. The molecule has 0 bridgehead atoms. The quantitative estimate of drug-likeness (QED) is 0.896. The average Bonchev–Trinajstić information content (AvgIpc) is 2.58. The van der Waals surface area contributed by atoms with Crippen molar-refractivity contribution in [2.75, 3.05) is 31.1 Å². The molecule has 1 aliphatic rings. The van der Waals surface area contributed by atoms with Crippen LogP contribution in [-0.4, -0.2) is 51.9 Å². The molecule has 1 aliphatic heterocycles. The Morgan fingerprint density at radius 1 is 1.17 bits per heavy atom. The van der Waals surface area contributed by atoms with Gasteiger partial charge in [0.2, 0.25) is 0 Å². The van der Waals surface area contributed by atoms with Crippen LogP contribution in [0, 0.1) is 0 Å². The zero-order chi connectivity index (χ0) is 16.2. The summed E-state index contributed by atoms with van der Waals surface area (Å²) in [6.07, 6.45) is 4.70. The Hall–Kier alpha value is -2.25. The van der Waals surface area contributed by atoms with Crippen LogP contribution >= 0.6 is 11.6 Å². The first-order valence-electron chi connectivity index (χ1n) is 7.31. The smallest absolute Gasteiger partial charge is 0.268 e. The molecule has 0 spiro atoms. The second-order valence-electron chi connectivity index (χ2n) is 5.36. The Labute approximate surface area is 139 Å². The Kier molecular flexibility index (Phi) is 4.68. The van der Waals surface area contributed by atoms with Crippen LogP contribution in [0.4, 0.5) is 5.82 Å². The van der Waals surface area contributed by atoms with Gasteiger partial charge >= 0.3 is 0 Å². The molecule has 2 aromatic rings. The van der Waals surface area contributed by atoms with Crippen LogP contribution in [0.15, 0.2) is 30.7 Å². The highest BCUT2D eigenvalue weighted by atomic mass is 35.5. The Morgan fingerprint density at radius 2 is 1.96 bits per heavy atom. The summed E-state index contributed by atoms with van der Waals surface area (Å²) in [4.78, 5) is 28.2. The molecule has 8 heteroatoms. The Bertz CT molecular complexity index is 685. The van der Waals surface area contributed by atoms with E-state index in [1.807, 2.05) is 12.1 Å². The second-order valence-corrected chi connectivity index (χ2v) is 5.79. The number of pyridine rings is 1. The van der Waals surface area contributed by atoms with E-state index >= 15 is 0 Å². The van der Waals surface area contributed by atoms with Crippen molar-refractivity contribution in [2.45, 2.75) is 6.54 Å². The molecule has 0 radical (unpaired) electrons. The first-order valence-corrected chi connectivity index (χ1v) is 7.69. The van der Waals surface area contributed by atoms with Crippen molar-refractivity contribution in [3.05, 3.63) is 47.1 Å². The van der Waals surface area contributed by atoms with E-state index in [0.29, 0.717) is 10.8 Å². The largest absolute Gasteiger partial charge is 0.364 e. The summed E-state index contributed by atoms with van der Waals surface area (Å²) in [6.45, 7) is 4.17. The summed E-state index contributed by atoms with van der Waals surface area (Å²) in [5, 5.41) is 0.645. The predicted octanol–water partition coefficient (Wildman–Crippen LogP) is 0.946. The van der Waals surface area contributed by atoms with E-state index in [1.54, 1.807) is 12.4 Å². The van der Waals surface area contributed by atoms with Crippen molar-refractivity contribution in [1.29, 1.82) is 0 Å². The van der Waals surface area contributed by atoms with Gasteiger partial charge in [-0.1, -0.05) is 11.6 Å². The highest BCUT2D eigenvalue weighted by Gasteiger charge is 2.19. The average molecular weight is 333 g/mol. The molecule has 0 aromatic carbocycles. The van der Waals surface area contributed by atoms with Crippen LogP contribution in [0.2, 0.25) is 5.02 Å². The van der Waals surface area contributed by atoms with Gasteiger partial charge < -0.3 is 10.6 Å². The molecule has 7 nitrogen and oxygen atoms in total. The first kappa shape index (κ1) is 15.6. The van der Waals surface area contributed by atoms with Crippen molar-refractivity contribution >= 4 is 23.3 Å². The maximum atomic E-state index is 11.2. The number of halogens is 1. The lowest BCUT2D eigenvalue weighted by Gasteiger charge is -2.35. The third-order valence-corrected chi connectivity index (χ3v) is 3.97. The third kappa shape index (κ3) is 3.94. The van der Waals surface area contributed by atoms with E-state index in [9.17, 15) is 4.79 Å². The zero-order valence-corrected chi connectivity index (χ0v) is 13.3. The SMILES string of the molecule is NC(=O)c1cncc(N2CCN(Cc3ccc(Cl)cn3)CC2)n1. The first-order chi connectivity index (χ1) is 11.1. The predicted molar refractivity (Wildman–Crippen MR) is 87.3 cm³/mol. The Balaban J connectivity index is 1.59.